The molecule has 21 heavy (non-hydrogen) atoms. The van der Waals surface area contributed by atoms with E-state index in [1.54, 1.807) is 20.3 Å². The van der Waals surface area contributed by atoms with E-state index in [9.17, 15) is 0 Å². The minimum absolute atomic E-state index is 0.472. The van der Waals surface area contributed by atoms with Crippen LogP contribution in [-0.4, -0.2) is 34.0 Å². The molecule has 0 amide bonds. The van der Waals surface area contributed by atoms with Gasteiger partial charge in [-0.1, -0.05) is 25.1 Å². The molecule has 1 rings (SSSR count). The summed E-state index contributed by atoms with van der Waals surface area (Å²) in [5.74, 6) is 1.34. The third-order valence-electron chi connectivity index (χ3n) is 3.04. The number of benzene rings is 1. The molecular weight excluding hydrogens is 290 g/mol. The lowest BCUT2D eigenvalue weighted by Crippen LogP contribution is -2.19. The molecule has 0 saturated carbocycles. The van der Waals surface area contributed by atoms with E-state index in [1.165, 1.54) is 0 Å². The average molecular weight is 314 g/mol. The molecule has 0 bridgehead atoms. The fourth-order valence-corrected chi connectivity index (χ4v) is 1.97. The number of ether oxygens (including phenoxy) is 3. The summed E-state index contributed by atoms with van der Waals surface area (Å²) in [6, 6.07) is 3.64. The van der Waals surface area contributed by atoms with Crippen molar-refractivity contribution < 1.29 is 14.2 Å². The lowest BCUT2D eigenvalue weighted by molar-refractivity contribution is 0.199. The Morgan fingerprint density at radius 3 is 2.71 bits per heavy atom. The average Bonchev–Trinajstić information content (AvgIpc) is 2.49. The van der Waals surface area contributed by atoms with Crippen LogP contribution in [0.25, 0.3) is 0 Å². The first-order chi connectivity index (χ1) is 10.1. The lowest BCUT2D eigenvalue weighted by atomic mass is 10.1. The molecule has 0 heterocycles. The Morgan fingerprint density at radius 2 is 2.10 bits per heavy atom. The molecule has 0 radical (unpaired) electrons. The standard InChI is InChI=1S/C16H24ClNO3/c1-5-12(2)11-21-16-13(10-18-6-7-19-3)8-14(17)9-15(16)20-4/h8-9,18H,2,5-7,10-11H2,1,3-4H3. The highest BCUT2D eigenvalue weighted by Crippen LogP contribution is 2.35. The van der Waals surface area contributed by atoms with Crippen molar-refractivity contribution in [3.63, 3.8) is 0 Å². The summed E-state index contributed by atoms with van der Waals surface area (Å²) in [7, 11) is 3.28. The number of methoxy groups -OCH3 is 2. The van der Waals surface area contributed by atoms with Gasteiger partial charge in [-0.25, -0.2) is 0 Å². The van der Waals surface area contributed by atoms with Crippen LogP contribution in [0.15, 0.2) is 24.3 Å². The van der Waals surface area contributed by atoms with Crippen molar-refractivity contribution >= 4 is 11.6 Å². The van der Waals surface area contributed by atoms with Crippen LogP contribution in [0, 0.1) is 0 Å². The van der Waals surface area contributed by atoms with Crippen molar-refractivity contribution in [2.75, 3.05) is 34.0 Å². The molecular formula is C16H24ClNO3. The Balaban J connectivity index is 2.86. The van der Waals surface area contributed by atoms with Gasteiger partial charge in [0, 0.05) is 36.9 Å². The predicted molar refractivity (Wildman–Crippen MR) is 86.5 cm³/mol. The Hall–Kier alpha value is -1.23. The Morgan fingerprint density at radius 1 is 1.33 bits per heavy atom. The molecule has 1 aromatic carbocycles. The van der Waals surface area contributed by atoms with Gasteiger partial charge in [0.05, 0.1) is 13.7 Å². The van der Waals surface area contributed by atoms with E-state index in [4.69, 9.17) is 25.8 Å². The number of hydrogen-bond acceptors (Lipinski definition) is 4. The van der Waals surface area contributed by atoms with Gasteiger partial charge >= 0.3 is 0 Å². The maximum atomic E-state index is 6.13. The third-order valence-corrected chi connectivity index (χ3v) is 3.25. The van der Waals surface area contributed by atoms with Crippen LogP contribution in [-0.2, 0) is 11.3 Å². The van der Waals surface area contributed by atoms with Crippen molar-refractivity contribution in [3.8, 4) is 11.5 Å². The second-order valence-electron chi connectivity index (χ2n) is 4.66. The molecule has 0 saturated heterocycles. The molecule has 0 aromatic heterocycles. The maximum absolute atomic E-state index is 6.13. The van der Waals surface area contributed by atoms with Crippen molar-refractivity contribution in [2.45, 2.75) is 19.9 Å². The molecule has 4 nitrogen and oxygen atoms in total. The van der Waals surface area contributed by atoms with E-state index < -0.39 is 0 Å². The Kier molecular flexibility index (Phi) is 8.20. The van der Waals surface area contributed by atoms with Crippen LogP contribution in [0.1, 0.15) is 18.9 Å². The molecule has 0 aliphatic heterocycles. The Bertz CT molecular complexity index is 463. The molecule has 1 N–H and O–H groups in total. The molecule has 0 aliphatic rings. The third kappa shape index (κ3) is 5.96. The molecule has 5 heteroatoms. The molecule has 0 atom stereocenters. The SMILES string of the molecule is C=C(CC)COc1c(CNCCOC)cc(Cl)cc1OC. The highest BCUT2D eigenvalue weighted by Gasteiger charge is 2.13. The number of hydrogen-bond donors (Lipinski definition) is 1. The van der Waals surface area contributed by atoms with Crippen LogP contribution in [0.4, 0.5) is 0 Å². The van der Waals surface area contributed by atoms with Gasteiger partial charge < -0.3 is 19.5 Å². The number of nitrogens with one attached hydrogen (secondary N) is 1. The van der Waals surface area contributed by atoms with Crippen molar-refractivity contribution in [1.29, 1.82) is 0 Å². The van der Waals surface area contributed by atoms with Gasteiger partial charge in [-0.3, -0.25) is 0 Å². The summed E-state index contributed by atoms with van der Waals surface area (Å²) in [6.45, 7) is 8.52. The monoisotopic (exact) mass is 313 g/mol. The number of rotatable bonds is 10. The largest absolute Gasteiger partial charge is 0.493 e. The van der Waals surface area contributed by atoms with Gasteiger partial charge in [-0.15, -0.1) is 0 Å². The van der Waals surface area contributed by atoms with Crippen molar-refractivity contribution in [2.24, 2.45) is 0 Å². The first kappa shape index (κ1) is 17.8. The zero-order valence-electron chi connectivity index (χ0n) is 13.0. The molecule has 0 unspecified atom stereocenters. The zero-order chi connectivity index (χ0) is 15.7. The second-order valence-corrected chi connectivity index (χ2v) is 5.09. The smallest absolute Gasteiger partial charge is 0.166 e. The summed E-state index contributed by atoms with van der Waals surface area (Å²) in [4.78, 5) is 0. The fourth-order valence-electron chi connectivity index (χ4n) is 1.74. The van der Waals surface area contributed by atoms with E-state index in [1.807, 2.05) is 6.07 Å². The summed E-state index contributed by atoms with van der Waals surface area (Å²) in [5.41, 5.74) is 1.99. The van der Waals surface area contributed by atoms with Gasteiger partial charge in [-0.05, 0) is 18.1 Å². The lowest BCUT2D eigenvalue weighted by Gasteiger charge is -2.16. The topological polar surface area (TPSA) is 39.7 Å². The van der Waals surface area contributed by atoms with Gasteiger partial charge in [-0.2, -0.15) is 0 Å². The molecule has 1 aromatic rings. The summed E-state index contributed by atoms with van der Waals surface area (Å²) in [5, 5.41) is 3.90. The van der Waals surface area contributed by atoms with Crippen LogP contribution in [0.2, 0.25) is 5.02 Å². The quantitative estimate of drug-likeness (QED) is 0.530. The van der Waals surface area contributed by atoms with Crippen LogP contribution >= 0.6 is 11.6 Å². The zero-order valence-corrected chi connectivity index (χ0v) is 13.8. The van der Waals surface area contributed by atoms with Gasteiger partial charge in [0.1, 0.15) is 6.61 Å². The van der Waals surface area contributed by atoms with Crippen molar-refractivity contribution in [1.82, 2.24) is 5.32 Å². The normalized spacial score (nSPS) is 10.5. The van der Waals surface area contributed by atoms with Gasteiger partial charge in [0.25, 0.3) is 0 Å². The summed E-state index contributed by atoms with van der Waals surface area (Å²) >= 11 is 6.13. The molecule has 0 aliphatic carbocycles. The minimum Gasteiger partial charge on any atom is -0.493 e. The fraction of sp³-hybridized carbons (Fsp3) is 0.500. The van der Waals surface area contributed by atoms with E-state index in [-0.39, 0.29) is 0 Å². The van der Waals surface area contributed by atoms with Crippen LogP contribution in [0.3, 0.4) is 0 Å². The van der Waals surface area contributed by atoms with Crippen LogP contribution in [0.5, 0.6) is 11.5 Å². The highest BCUT2D eigenvalue weighted by molar-refractivity contribution is 6.30. The highest BCUT2D eigenvalue weighted by atomic mass is 35.5. The summed E-state index contributed by atoms with van der Waals surface area (Å²) < 4.78 is 16.3. The van der Waals surface area contributed by atoms with E-state index in [0.29, 0.717) is 36.3 Å². The Labute approximate surface area is 132 Å². The minimum atomic E-state index is 0.472. The first-order valence-electron chi connectivity index (χ1n) is 6.97. The van der Waals surface area contributed by atoms with Gasteiger partial charge in [0.2, 0.25) is 0 Å². The first-order valence-corrected chi connectivity index (χ1v) is 7.35. The van der Waals surface area contributed by atoms with Gasteiger partial charge in [0.15, 0.2) is 11.5 Å². The predicted octanol–water partition coefficient (Wildman–Crippen LogP) is 3.43. The number of halogens is 1. The second kappa shape index (κ2) is 9.66. The van der Waals surface area contributed by atoms with Crippen LogP contribution < -0.4 is 14.8 Å². The molecule has 0 spiro atoms. The van der Waals surface area contributed by atoms with E-state index in [0.717, 1.165) is 24.1 Å². The van der Waals surface area contributed by atoms with E-state index >= 15 is 0 Å². The molecule has 0 fully saturated rings. The van der Waals surface area contributed by atoms with E-state index in [2.05, 4.69) is 18.8 Å². The van der Waals surface area contributed by atoms with Crippen molar-refractivity contribution in [3.05, 3.63) is 34.9 Å². The molecule has 118 valence electrons. The maximum Gasteiger partial charge on any atom is 0.166 e. The summed E-state index contributed by atoms with van der Waals surface area (Å²) in [6.07, 6.45) is 0.886.